The second-order valence-electron chi connectivity index (χ2n) is 6.17. The molecule has 0 atom stereocenters. The van der Waals surface area contributed by atoms with Gasteiger partial charge in [-0.15, -0.1) is 0 Å². The van der Waals surface area contributed by atoms with Gasteiger partial charge in [0.1, 0.15) is 11.6 Å². The van der Waals surface area contributed by atoms with E-state index in [4.69, 9.17) is 4.74 Å². The quantitative estimate of drug-likeness (QED) is 0.750. The van der Waals surface area contributed by atoms with Gasteiger partial charge in [0.2, 0.25) is 0 Å². The summed E-state index contributed by atoms with van der Waals surface area (Å²) in [6.07, 6.45) is 1.46. The molecule has 0 aliphatic carbocycles. The highest BCUT2D eigenvalue weighted by Crippen LogP contribution is 2.25. The van der Waals surface area contributed by atoms with Crippen LogP contribution in [0.4, 0.5) is 10.1 Å². The molecular formula is C21H19FN2O3. The molecule has 1 aromatic heterocycles. The minimum atomic E-state index is -0.374. The van der Waals surface area contributed by atoms with Gasteiger partial charge >= 0.3 is 0 Å². The summed E-state index contributed by atoms with van der Waals surface area (Å²) in [5, 5.41) is 2.80. The molecule has 0 bridgehead atoms. The number of rotatable bonds is 5. The lowest BCUT2D eigenvalue weighted by Gasteiger charge is -2.12. The number of benzene rings is 2. The fourth-order valence-electron chi connectivity index (χ4n) is 2.74. The Bertz CT molecular complexity index is 1040. The van der Waals surface area contributed by atoms with E-state index < -0.39 is 0 Å². The van der Waals surface area contributed by atoms with Crippen molar-refractivity contribution in [1.29, 1.82) is 0 Å². The van der Waals surface area contributed by atoms with Gasteiger partial charge in [0.15, 0.2) is 0 Å². The van der Waals surface area contributed by atoms with Crippen molar-refractivity contribution in [2.75, 3.05) is 12.4 Å². The Labute approximate surface area is 156 Å². The third-order valence-electron chi connectivity index (χ3n) is 4.09. The SMILES string of the molecule is COc1ccc(C)cc1NC(=O)c1ccc(=O)n(Cc2cccc(F)c2)c1. The van der Waals surface area contributed by atoms with Gasteiger partial charge in [0, 0.05) is 12.3 Å². The summed E-state index contributed by atoms with van der Waals surface area (Å²) in [7, 11) is 1.53. The Morgan fingerprint density at radius 3 is 2.70 bits per heavy atom. The molecule has 138 valence electrons. The molecule has 3 aromatic rings. The van der Waals surface area contributed by atoms with E-state index in [0.717, 1.165) is 5.56 Å². The van der Waals surface area contributed by atoms with Gasteiger partial charge in [-0.25, -0.2) is 4.39 Å². The summed E-state index contributed by atoms with van der Waals surface area (Å²) >= 11 is 0. The number of hydrogen-bond donors (Lipinski definition) is 1. The van der Waals surface area contributed by atoms with Crippen molar-refractivity contribution < 1.29 is 13.9 Å². The molecule has 0 radical (unpaired) electrons. The van der Waals surface area contributed by atoms with Crippen LogP contribution in [0.15, 0.2) is 65.6 Å². The van der Waals surface area contributed by atoms with Gasteiger partial charge in [0.25, 0.3) is 11.5 Å². The number of nitrogens with zero attached hydrogens (tertiary/aromatic N) is 1. The van der Waals surface area contributed by atoms with E-state index in [1.165, 1.54) is 42.1 Å². The monoisotopic (exact) mass is 366 g/mol. The minimum Gasteiger partial charge on any atom is -0.495 e. The molecule has 6 heteroatoms. The number of hydrogen-bond acceptors (Lipinski definition) is 3. The zero-order valence-electron chi connectivity index (χ0n) is 15.0. The molecule has 1 amide bonds. The van der Waals surface area contributed by atoms with E-state index in [1.54, 1.807) is 24.3 Å². The lowest BCUT2D eigenvalue weighted by molar-refractivity contribution is 0.102. The average Bonchev–Trinajstić information content (AvgIpc) is 2.64. The molecule has 1 N–H and O–H groups in total. The maximum atomic E-state index is 13.4. The zero-order chi connectivity index (χ0) is 19.4. The van der Waals surface area contributed by atoms with Gasteiger partial charge in [-0.2, -0.15) is 0 Å². The van der Waals surface area contributed by atoms with Crippen LogP contribution >= 0.6 is 0 Å². The highest BCUT2D eigenvalue weighted by atomic mass is 19.1. The molecule has 0 saturated heterocycles. The first-order chi connectivity index (χ1) is 13.0. The molecule has 0 spiro atoms. The van der Waals surface area contributed by atoms with Crippen molar-refractivity contribution in [3.63, 3.8) is 0 Å². The Balaban J connectivity index is 1.86. The van der Waals surface area contributed by atoms with Crippen molar-refractivity contribution in [3.8, 4) is 5.75 Å². The number of aromatic nitrogens is 1. The van der Waals surface area contributed by atoms with E-state index in [-0.39, 0.29) is 23.8 Å². The predicted molar refractivity (Wildman–Crippen MR) is 102 cm³/mol. The largest absolute Gasteiger partial charge is 0.495 e. The van der Waals surface area contributed by atoms with Gasteiger partial charge in [-0.3, -0.25) is 9.59 Å². The van der Waals surface area contributed by atoms with Crippen LogP contribution in [0.1, 0.15) is 21.5 Å². The van der Waals surface area contributed by atoms with Gasteiger partial charge in [0.05, 0.1) is 24.9 Å². The van der Waals surface area contributed by atoms with Gasteiger partial charge in [-0.05, 0) is 48.4 Å². The van der Waals surface area contributed by atoms with Crippen molar-refractivity contribution >= 4 is 11.6 Å². The predicted octanol–water partition coefficient (Wildman–Crippen LogP) is 3.61. The zero-order valence-corrected chi connectivity index (χ0v) is 15.0. The summed E-state index contributed by atoms with van der Waals surface area (Å²) < 4.78 is 20.0. The molecule has 0 saturated carbocycles. The molecule has 1 heterocycles. The lowest BCUT2D eigenvalue weighted by Crippen LogP contribution is -2.22. The standard InChI is InChI=1S/C21H19FN2O3/c1-14-6-8-19(27-2)18(10-14)23-21(26)16-7-9-20(25)24(13-16)12-15-4-3-5-17(22)11-15/h3-11,13H,12H2,1-2H3,(H,23,26). The van der Waals surface area contributed by atoms with Crippen molar-refractivity contribution in [2.24, 2.45) is 0 Å². The van der Waals surface area contributed by atoms with E-state index in [0.29, 0.717) is 22.6 Å². The Morgan fingerprint density at radius 2 is 1.96 bits per heavy atom. The summed E-state index contributed by atoms with van der Waals surface area (Å²) in [5.41, 5.74) is 2.20. The molecule has 3 rings (SSSR count). The average molecular weight is 366 g/mol. The summed E-state index contributed by atoms with van der Waals surface area (Å²) in [6, 6.07) is 14.2. The van der Waals surface area contributed by atoms with Crippen LogP contribution in [0.25, 0.3) is 0 Å². The first-order valence-electron chi connectivity index (χ1n) is 8.37. The number of ether oxygens (including phenoxy) is 1. The molecule has 0 aliphatic heterocycles. The minimum absolute atomic E-state index is 0.172. The number of amides is 1. The third kappa shape index (κ3) is 4.41. The van der Waals surface area contributed by atoms with Gasteiger partial charge in [-0.1, -0.05) is 18.2 Å². The van der Waals surface area contributed by atoms with E-state index in [1.807, 2.05) is 13.0 Å². The number of aryl methyl sites for hydroxylation is 1. The van der Waals surface area contributed by atoms with Crippen LogP contribution in [0.2, 0.25) is 0 Å². The van der Waals surface area contributed by atoms with Gasteiger partial charge < -0.3 is 14.6 Å². The first kappa shape index (κ1) is 18.4. The highest BCUT2D eigenvalue weighted by molar-refractivity contribution is 6.04. The van der Waals surface area contributed by atoms with Crippen LogP contribution < -0.4 is 15.6 Å². The lowest BCUT2D eigenvalue weighted by atomic mass is 10.2. The summed E-state index contributed by atoms with van der Waals surface area (Å²) in [4.78, 5) is 24.7. The summed E-state index contributed by atoms with van der Waals surface area (Å²) in [5.74, 6) is -0.199. The molecule has 5 nitrogen and oxygen atoms in total. The molecule has 0 aliphatic rings. The van der Waals surface area contributed by atoms with Crippen LogP contribution in [0.5, 0.6) is 5.75 Å². The van der Waals surface area contributed by atoms with Crippen LogP contribution in [-0.4, -0.2) is 17.6 Å². The molecule has 0 fully saturated rings. The fraction of sp³-hybridized carbons (Fsp3) is 0.143. The second-order valence-corrected chi connectivity index (χ2v) is 6.17. The van der Waals surface area contributed by atoms with E-state index in [9.17, 15) is 14.0 Å². The van der Waals surface area contributed by atoms with Crippen molar-refractivity contribution in [2.45, 2.75) is 13.5 Å². The normalized spacial score (nSPS) is 10.5. The number of carbonyl (C=O) groups is 1. The summed E-state index contributed by atoms with van der Waals surface area (Å²) in [6.45, 7) is 2.08. The Hall–Kier alpha value is -3.41. The molecule has 27 heavy (non-hydrogen) atoms. The Kier molecular flexibility index (Phi) is 5.35. The third-order valence-corrected chi connectivity index (χ3v) is 4.09. The van der Waals surface area contributed by atoms with E-state index in [2.05, 4.69) is 5.32 Å². The number of methoxy groups -OCH3 is 1. The van der Waals surface area contributed by atoms with Crippen molar-refractivity contribution in [3.05, 3.63) is 93.7 Å². The molecule has 0 unspecified atom stereocenters. The van der Waals surface area contributed by atoms with Crippen LogP contribution in [0.3, 0.4) is 0 Å². The number of anilines is 1. The molecule has 2 aromatic carbocycles. The number of pyridine rings is 1. The van der Waals surface area contributed by atoms with E-state index >= 15 is 0 Å². The van der Waals surface area contributed by atoms with Crippen molar-refractivity contribution in [1.82, 2.24) is 4.57 Å². The number of halogens is 1. The highest BCUT2D eigenvalue weighted by Gasteiger charge is 2.12. The Morgan fingerprint density at radius 1 is 1.15 bits per heavy atom. The first-order valence-corrected chi connectivity index (χ1v) is 8.37. The smallest absolute Gasteiger partial charge is 0.257 e. The molecular weight excluding hydrogens is 347 g/mol. The second kappa shape index (κ2) is 7.86. The van der Waals surface area contributed by atoms with Crippen LogP contribution in [-0.2, 0) is 6.54 Å². The van der Waals surface area contributed by atoms with Crippen LogP contribution in [0, 0.1) is 12.7 Å². The number of nitrogens with one attached hydrogen (secondary N) is 1. The fourth-order valence-corrected chi connectivity index (χ4v) is 2.74. The maximum absolute atomic E-state index is 13.4. The topological polar surface area (TPSA) is 60.3 Å². The maximum Gasteiger partial charge on any atom is 0.257 e. The number of carbonyl (C=O) groups excluding carboxylic acids is 1.